The summed E-state index contributed by atoms with van der Waals surface area (Å²) in [7, 11) is -0.507. The van der Waals surface area contributed by atoms with Gasteiger partial charge in [-0.25, -0.2) is 4.79 Å². The highest BCUT2D eigenvalue weighted by Gasteiger charge is 2.23. The minimum absolute atomic E-state index is 0.119. The van der Waals surface area contributed by atoms with Gasteiger partial charge in [0.15, 0.2) is 0 Å². The molecule has 3 nitrogen and oxygen atoms in total. The fourth-order valence-electron chi connectivity index (χ4n) is 2.19. The monoisotopic (exact) mass is 272 g/mol. The van der Waals surface area contributed by atoms with Crippen molar-refractivity contribution in [1.29, 1.82) is 0 Å². The topological polar surface area (TPSA) is 35.5 Å². The van der Waals surface area contributed by atoms with Gasteiger partial charge >= 0.3 is 5.97 Å². The highest BCUT2D eigenvalue weighted by atomic mass is 28.2. The van der Waals surface area contributed by atoms with Crippen molar-refractivity contribution in [2.45, 2.75) is 64.3 Å². The lowest BCUT2D eigenvalue weighted by Crippen LogP contribution is -2.32. The van der Waals surface area contributed by atoms with Gasteiger partial charge < -0.3 is 9.47 Å². The van der Waals surface area contributed by atoms with E-state index >= 15 is 0 Å². The summed E-state index contributed by atoms with van der Waals surface area (Å²) in [6.45, 7) is 12.7. The van der Waals surface area contributed by atoms with Crippen molar-refractivity contribution in [2.75, 3.05) is 6.61 Å². The number of carbonyl (C=O) groups is 1. The van der Waals surface area contributed by atoms with E-state index in [4.69, 9.17) is 9.47 Å². The molecule has 0 aromatic heterocycles. The quantitative estimate of drug-likeness (QED) is 0.348. The highest BCUT2D eigenvalue weighted by molar-refractivity contribution is 6.39. The van der Waals surface area contributed by atoms with Crippen LogP contribution in [0.3, 0.4) is 0 Å². The molecule has 3 atom stereocenters. The minimum atomic E-state index is -0.507. The van der Waals surface area contributed by atoms with Crippen LogP contribution in [-0.4, -0.2) is 33.9 Å². The second-order valence-electron chi connectivity index (χ2n) is 4.62. The van der Waals surface area contributed by atoms with Crippen molar-refractivity contribution in [3.05, 3.63) is 12.7 Å². The normalized spacial score (nSPS) is 16.4. The Morgan fingerprint density at radius 2 is 2.06 bits per heavy atom. The van der Waals surface area contributed by atoms with Crippen LogP contribution in [0.4, 0.5) is 0 Å². The molecule has 0 spiro atoms. The van der Waals surface area contributed by atoms with Crippen molar-refractivity contribution >= 4 is 15.5 Å². The first-order valence-electron chi connectivity index (χ1n) is 7.03. The van der Waals surface area contributed by atoms with Gasteiger partial charge in [-0.05, 0) is 25.8 Å². The van der Waals surface area contributed by atoms with E-state index in [1.807, 2.05) is 6.92 Å². The number of ether oxygens (including phenoxy) is 2. The molecule has 0 aromatic carbocycles. The van der Waals surface area contributed by atoms with Crippen molar-refractivity contribution in [1.82, 2.24) is 0 Å². The summed E-state index contributed by atoms with van der Waals surface area (Å²) < 4.78 is 11.1. The summed E-state index contributed by atoms with van der Waals surface area (Å²) in [5.74, 6) is -0.292. The van der Waals surface area contributed by atoms with E-state index in [1.54, 1.807) is 0 Å². The lowest BCUT2D eigenvalue weighted by Gasteiger charge is -2.26. The molecule has 106 valence electrons. The van der Waals surface area contributed by atoms with Crippen LogP contribution in [0.15, 0.2) is 12.7 Å². The Hall–Kier alpha value is -0.613. The van der Waals surface area contributed by atoms with Crippen LogP contribution in [0.25, 0.3) is 0 Å². The van der Waals surface area contributed by atoms with Crippen LogP contribution >= 0.6 is 0 Å². The van der Waals surface area contributed by atoms with Crippen LogP contribution in [-0.2, 0) is 14.3 Å². The van der Waals surface area contributed by atoms with E-state index in [-0.39, 0.29) is 17.8 Å². The zero-order valence-electron chi connectivity index (χ0n) is 12.3. The summed E-state index contributed by atoms with van der Waals surface area (Å²) in [5, 5.41) is 0. The Balaban J connectivity index is 4.41. The maximum absolute atomic E-state index is 11.3. The third-order valence-corrected chi connectivity index (χ3v) is 6.19. The summed E-state index contributed by atoms with van der Waals surface area (Å²) in [4.78, 5) is 11.3. The van der Waals surface area contributed by atoms with E-state index in [0.717, 1.165) is 25.9 Å². The van der Waals surface area contributed by atoms with Gasteiger partial charge in [0, 0.05) is 12.7 Å². The Kier molecular flexibility index (Phi) is 9.97. The van der Waals surface area contributed by atoms with Crippen molar-refractivity contribution < 1.29 is 14.3 Å². The van der Waals surface area contributed by atoms with Crippen LogP contribution in [0.5, 0.6) is 0 Å². The number of hydrogen-bond acceptors (Lipinski definition) is 3. The maximum atomic E-state index is 11.3. The molecule has 4 heteroatoms. The minimum Gasteiger partial charge on any atom is -0.464 e. The highest BCUT2D eigenvalue weighted by Crippen LogP contribution is 2.21. The van der Waals surface area contributed by atoms with E-state index < -0.39 is 9.52 Å². The zero-order chi connectivity index (χ0) is 14.0. The van der Waals surface area contributed by atoms with Crippen molar-refractivity contribution in [2.24, 2.45) is 0 Å². The number of carbonyl (C=O) groups excluding carboxylic acids is 1. The van der Waals surface area contributed by atoms with E-state index in [2.05, 4.69) is 27.4 Å². The predicted molar refractivity (Wildman–Crippen MR) is 78.7 cm³/mol. The molecule has 0 aliphatic carbocycles. The standard InChI is InChI=1S/C14H28O3Si/c1-6-10-14(17-13(15)8-3)18-12(7-2)11(5)16-9-4/h8,11-12,14H,3,6-7,9-10,18H2,1-2,4-5H3. The molecule has 0 aliphatic heterocycles. The van der Waals surface area contributed by atoms with E-state index in [1.165, 1.54) is 6.08 Å². The van der Waals surface area contributed by atoms with E-state index in [0.29, 0.717) is 5.54 Å². The third kappa shape index (κ3) is 6.96. The summed E-state index contributed by atoms with van der Waals surface area (Å²) >= 11 is 0. The summed E-state index contributed by atoms with van der Waals surface area (Å²) in [6.07, 6.45) is 4.62. The Morgan fingerprint density at radius 3 is 2.50 bits per heavy atom. The molecule has 0 radical (unpaired) electrons. The fourth-order valence-corrected chi connectivity index (χ4v) is 4.62. The largest absolute Gasteiger partial charge is 0.464 e. The molecule has 0 heterocycles. The molecule has 0 fully saturated rings. The van der Waals surface area contributed by atoms with Crippen LogP contribution in [0.2, 0.25) is 5.54 Å². The second-order valence-corrected chi connectivity index (χ2v) is 7.05. The van der Waals surface area contributed by atoms with Gasteiger partial charge in [-0.3, -0.25) is 0 Å². The molecule has 0 rings (SSSR count). The van der Waals surface area contributed by atoms with Gasteiger partial charge in [0.1, 0.15) is 0 Å². The molecule has 0 aliphatic rings. The van der Waals surface area contributed by atoms with Gasteiger partial charge in [0.05, 0.1) is 21.4 Å². The molecule has 0 N–H and O–H groups in total. The average molecular weight is 272 g/mol. The first kappa shape index (κ1) is 17.4. The first-order chi connectivity index (χ1) is 8.58. The van der Waals surface area contributed by atoms with Gasteiger partial charge in [-0.15, -0.1) is 0 Å². The second kappa shape index (κ2) is 10.3. The van der Waals surface area contributed by atoms with Gasteiger partial charge in [0.2, 0.25) is 0 Å². The number of hydrogen-bond donors (Lipinski definition) is 0. The smallest absolute Gasteiger partial charge is 0.330 e. The van der Waals surface area contributed by atoms with Gasteiger partial charge in [-0.1, -0.05) is 33.3 Å². The van der Waals surface area contributed by atoms with Gasteiger partial charge in [-0.2, -0.15) is 0 Å². The van der Waals surface area contributed by atoms with Crippen molar-refractivity contribution in [3.8, 4) is 0 Å². The van der Waals surface area contributed by atoms with Gasteiger partial charge in [0.25, 0.3) is 0 Å². The molecule has 3 unspecified atom stereocenters. The molecule has 0 saturated carbocycles. The Bertz CT molecular complexity index is 243. The molecule has 18 heavy (non-hydrogen) atoms. The lowest BCUT2D eigenvalue weighted by atomic mass is 10.2. The molecule has 0 aromatic rings. The van der Waals surface area contributed by atoms with Crippen LogP contribution < -0.4 is 0 Å². The van der Waals surface area contributed by atoms with E-state index in [9.17, 15) is 4.79 Å². The summed E-state index contributed by atoms with van der Waals surface area (Å²) in [6, 6.07) is 0. The maximum Gasteiger partial charge on any atom is 0.330 e. The zero-order valence-corrected chi connectivity index (χ0v) is 13.7. The number of esters is 1. The first-order valence-corrected chi connectivity index (χ1v) is 8.66. The van der Waals surface area contributed by atoms with Crippen LogP contribution in [0.1, 0.15) is 47.0 Å². The Morgan fingerprint density at radius 1 is 1.39 bits per heavy atom. The Labute approximate surface area is 114 Å². The SMILES string of the molecule is C=CC(=O)OC(CCC)[SiH2]C(CC)C(C)OCC. The third-order valence-electron chi connectivity index (χ3n) is 3.24. The fraction of sp³-hybridized carbons (Fsp3) is 0.786. The molecular weight excluding hydrogens is 244 g/mol. The number of rotatable bonds is 10. The molecule has 0 bridgehead atoms. The average Bonchev–Trinajstić information content (AvgIpc) is 2.35. The molecule has 0 amide bonds. The van der Waals surface area contributed by atoms with Crippen molar-refractivity contribution in [3.63, 3.8) is 0 Å². The lowest BCUT2D eigenvalue weighted by molar-refractivity contribution is -0.139. The molecular formula is C14H28O3Si. The van der Waals surface area contributed by atoms with Crippen LogP contribution in [0, 0.1) is 0 Å². The summed E-state index contributed by atoms with van der Waals surface area (Å²) in [5.41, 5.74) is 0.687. The molecule has 0 saturated heterocycles. The predicted octanol–water partition coefficient (Wildman–Crippen LogP) is 2.63.